The molecule has 1 heterocycles. The molecule has 0 amide bonds. The quantitative estimate of drug-likeness (QED) is 0.832. The van der Waals surface area contributed by atoms with Gasteiger partial charge >= 0.3 is 0 Å². The van der Waals surface area contributed by atoms with Crippen molar-refractivity contribution in [1.82, 2.24) is 4.57 Å². The topological polar surface area (TPSA) is 25.2 Å². The Morgan fingerprint density at radius 3 is 2.80 bits per heavy atom. The molecule has 0 spiro atoms. The van der Waals surface area contributed by atoms with Gasteiger partial charge < -0.3 is 9.67 Å². The average Bonchev–Trinajstić information content (AvgIpc) is 2.44. The van der Waals surface area contributed by atoms with Crippen LogP contribution in [-0.4, -0.2) is 16.3 Å². The second-order valence-electron chi connectivity index (χ2n) is 3.76. The van der Waals surface area contributed by atoms with Crippen molar-refractivity contribution >= 4 is 22.5 Å². The highest BCUT2D eigenvalue weighted by Crippen LogP contribution is 2.27. The van der Waals surface area contributed by atoms with Crippen LogP contribution in [0.2, 0.25) is 5.02 Å². The summed E-state index contributed by atoms with van der Waals surface area (Å²) in [5.41, 5.74) is 3.54. The van der Waals surface area contributed by atoms with E-state index in [-0.39, 0.29) is 6.61 Å². The first-order chi connectivity index (χ1) is 7.15. The van der Waals surface area contributed by atoms with Crippen LogP contribution in [0.1, 0.15) is 11.3 Å². The highest BCUT2D eigenvalue weighted by molar-refractivity contribution is 6.31. The van der Waals surface area contributed by atoms with Crippen LogP contribution >= 0.6 is 11.6 Å². The Labute approximate surface area is 94.1 Å². The highest BCUT2D eigenvalue weighted by Gasteiger charge is 2.11. The summed E-state index contributed by atoms with van der Waals surface area (Å²) in [5.74, 6) is 0. The third-order valence-electron chi connectivity index (χ3n) is 2.95. The van der Waals surface area contributed by atoms with Crippen molar-refractivity contribution in [3.8, 4) is 0 Å². The van der Waals surface area contributed by atoms with E-state index in [2.05, 4.69) is 11.5 Å². The maximum atomic E-state index is 9.03. The molecule has 0 saturated heterocycles. The molecule has 0 aliphatic rings. The Bertz CT molecular complexity index is 502. The normalized spacial score (nSPS) is 11.2. The Kier molecular flexibility index (Phi) is 2.72. The molecule has 1 aromatic carbocycles. The summed E-state index contributed by atoms with van der Waals surface area (Å²) < 4.78 is 2.12. The fourth-order valence-electron chi connectivity index (χ4n) is 2.04. The molecule has 0 aliphatic heterocycles. The van der Waals surface area contributed by atoms with Gasteiger partial charge in [0.1, 0.15) is 0 Å². The van der Waals surface area contributed by atoms with Crippen molar-refractivity contribution in [2.24, 2.45) is 7.05 Å². The molecule has 0 saturated carbocycles. The largest absolute Gasteiger partial charge is 0.396 e. The molecule has 80 valence electrons. The lowest BCUT2D eigenvalue weighted by Crippen LogP contribution is -1.95. The fourth-order valence-corrected chi connectivity index (χ4v) is 2.21. The molecule has 3 heteroatoms. The molecule has 0 fully saturated rings. The first kappa shape index (κ1) is 10.5. The van der Waals surface area contributed by atoms with E-state index in [9.17, 15) is 0 Å². The van der Waals surface area contributed by atoms with Gasteiger partial charge in [0.2, 0.25) is 0 Å². The van der Waals surface area contributed by atoms with Crippen molar-refractivity contribution in [3.05, 3.63) is 34.5 Å². The first-order valence-corrected chi connectivity index (χ1v) is 5.37. The monoisotopic (exact) mass is 223 g/mol. The van der Waals surface area contributed by atoms with Crippen LogP contribution in [0.25, 0.3) is 10.9 Å². The Balaban J connectivity index is 2.75. The van der Waals surface area contributed by atoms with E-state index < -0.39 is 0 Å². The first-order valence-electron chi connectivity index (χ1n) is 4.99. The summed E-state index contributed by atoms with van der Waals surface area (Å²) in [4.78, 5) is 0. The third-order valence-corrected chi connectivity index (χ3v) is 3.18. The molecule has 2 rings (SSSR count). The number of aliphatic hydroxyl groups is 1. The fraction of sp³-hybridized carbons (Fsp3) is 0.333. The summed E-state index contributed by atoms with van der Waals surface area (Å²) in [6, 6.07) is 5.88. The van der Waals surface area contributed by atoms with Gasteiger partial charge in [-0.05, 0) is 31.0 Å². The van der Waals surface area contributed by atoms with Gasteiger partial charge in [-0.15, -0.1) is 0 Å². The van der Waals surface area contributed by atoms with Crippen molar-refractivity contribution < 1.29 is 5.11 Å². The summed E-state index contributed by atoms with van der Waals surface area (Å²) in [6.07, 6.45) is 0.699. The van der Waals surface area contributed by atoms with Gasteiger partial charge in [0.05, 0.1) is 0 Å². The number of rotatable bonds is 2. The van der Waals surface area contributed by atoms with Gasteiger partial charge in [-0.1, -0.05) is 17.7 Å². The molecule has 1 N–H and O–H groups in total. The maximum Gasteiger partial charge on any atom is 0.0497 e. The lowest BCUT2D eigenvalue weighted by molar-refractivity contribution is 0.299. The summed E-state index contributed by atoms with van der Waals surface area (Å²) in [6.45, 7) is 2.25. The van der Waals surface area contributed by atoms with E-state index >= 15 is 0 Å². The molecular formula is C12H14ClNO. The Hall–Kier alpha value is -0.990. The van der Waals surface area contributed by atoms with E-state index in [1.807, 2.05) is 25.2 Å². The minimum atomic E-state index is 0.183. The standard InChI is InChI=1S/C12H14ClNO/c1-8-10(5-6-15)11-4-3-9(13)7-12(11)14(8)2/h3-4,7,15H,5-6H2,1-2H3. The summed E-state index contributed by atoms with van der Waals surface area (Å²) in [7, 11) is 2.02. The van der Waals surface area contributed by atoms with Crippen LogP contribution in [0.15, 0.2) is 18.2 Å². The zero-order chi connectivity index (χ0) is 11.0. The lowest BCUT2D eigenvalue weighted by Gasteiger charge is -1.99. The number of hydrogen-bond donors (Lipinski definition) is 1. The van der Waals surface area contributed by atoms with Crippen LogP contribution in [0.3, 0.4) is 0 Å². The zero-order valence-electron chi connectivity index (χ0n) is 8.92. The maximum absolute atomic E-state index is 9.03. The van der Waals surface area contributed by atoms with Crippen molar-refractivity contribution in [2.45, 2.75) is 13.3 Å². The lowest BCUT2D eigenvalue weighted by atomic mass is 10.1. The molecule has 0 radical (unpaired) electrons. The minimum Gasteiger partial charge on any atom is -0.396 e. The number of halogens is 1. The summed E-state index contributed by atoms with van der Waals surface area (Å²) in [5, 5.41) is 11.0. The highest BCUT2D eigenvalue weighted by atomic mass is 35.5. The molecule has 15 heavy (non-hydrogen) atoms. The molecule has 0 aliphatic carbocycles. The molecule has 2 aromatic rings. The SMILES string of the molecule is Cc1c(CCO)c2ccc(Cl)cc2n1C. The number of aromatic nitrogens is 1. The molecule has 0 atom stereocenters. The zero-order valence-corrected chi connectivity index (χ0v) is 9.67. The van der Waals surface area contributed by atoms with Crippen LogP contribution < -0.4 is 0 Å². The van der Waals surface area contributed by atoms with Crippen LogP contribution in [0.5, 0.6) is 0 Å². The summed E-state index contributed by atoms with van der Waals surface area (Å²) >= 11 is 5.97. The molecule has 0 unspecified atom stereocenters. The second kappa shape index (κ2) is 3.87. The van der Waals surface area contributed by atoms with E-state index in [0.717, 1.165) is 10.5 Å². The minimum absolute atomic E-state index is 0.183. The Morgan fingerprint density at radius 1 is 1.40 bits per heavy atom. The average molecular weight is 224 g/mol. The van der Waals surface area contributed by atoms with Crippen molar-refractivity contribution in [3.63, 3.8) is 0 Å². The second-order valence-corrected chi connectivity index (χ2v) is 4.19. The van der Waals surface area contributed by atoms with Gasteiger partial charge in [-0.3, -0.25) is 0 Å². The Morgan fingerprint density at radius 2 is 2.13 bits per heavy atom. The van der Waals surface area contributed by atoms with Crippen molar-refractivity contribution in [1.29, 1.82) is 0 Å². The molecule has 0 bridgehead atoms. The van der Waals surface area contributed by atoms with Gasteiger partial charge in [0, 0.05) is 35.3 Å². The number of fused-ring (bicyclic) bond motifs is 1. The predicted molar refractivity (Wildman–Crippen MR) is 63.5 cm³/mol. The smallest absolute Gasteiger partial charge is 0.0497 e. The van der Waals surface area contributed by atoms with Crippen molar-refractivity contribution in [2.75, 3.05) is 6.61 Å². The van der Waals surface area contributed by atoms with E-state index in [4.69, 9.17) is 16.7 Å². The predicted octanol–water partition coefficient (Wildman–Crippen LogP) is 2.67. The molecular weight excluding hydrogens is 210 g/mol. The van der Waals surface area contributed by atoms with Gasteiger partial charge in [-0.25, -0.2) is 0 Å². The number of aliphatic hydroxyl groups excluding tert-OH is 1. The third kappa shape index (κ3) is 1.64. The number of benzene rings is 1. The van der Waals surface area contributed by atoms with Gasteiger partial charge in [0.25, 0.3) is 0 Å². The van der Waals surface area contributed by atoms with Gasteiger partial charge in [-0.2, -0.15) is 0 Å². The number of aryl methyl sites for hydroxylation is 1. The van der Waals surface area contributed by atoms with E-state index in [1.54, 1.807) is 0 Å². The number of hydrogen-bond acceptors (Lipinski definition) is 1. The van der Waals surface area contributed by atoms with E-state index in [1.165, 1.54) is 16.6 Å². The van der Waals surface area contributed by atoms with E-state index in [0.29, 0.717) is 6.42 Å². The van der Waals surface area contributed by atoms with Gasteiger partial charge in [0.15, 0.2) is 0 Å². The molecule has 1 aromatic heterocycles. The number of nitrogens with zero attached hydrogens (tertiary/aromatic N) is 1. The van der Waals surface area contributed by atoms with Crippen LogP contribution in [-0.2, 0) is 13.5 Å². The molecule has 2 nitrogen and oxygen atoms in total. The van der Waals surface area contributed by atoms with Crippen LogP contribution in [0, 0.1) is 6.92 Å². The van der Waals surface area contributed by atoms with Crippen LogP contribution in [0.4, 0.5) is 0 Å².